The molecule has 6 fully saturated rings. The van der Waals surface area contributed by atoms with Gasteiger partial charge in [-0.25, -0.2) is 0 Å². The standard InChI is InChI=1S/2C10H20.2C9H18.2C8H16/c1-4-7-10(3)8-5-6-9(10)2;1-4-6-10(3)7-5-9(2)8-10;1-4-9(3)6-5-8(2)7-9;1-3-6-9(2)7-4-5-8-9;1-8(2)6-4-3-5-7-8;1-3-8(2)6-4-5-7-8/h2*9H,4-8H2,1-3H3;8H,4-7H2,1-3H3;3-8H2,1-2H3;2*3-7H2,1-2H3. The predicted molar refractivity (Wildman–Crippen MR) is 249 cm³/mol. The third-order valence-corrected chi connectivity index (χ3v) is 16.8. The highest BCUT2D eigenvalue weighted by Gasteiger charge is 2.35. The molecule has 0 heteroatoms. The van der Waals surface area contributed by atoms with Gasteiger partial charge >= 0.3 is 0 Å². The highest BCUT2D eigenvalue weighted by molar-refractivity contribution is 4.86. The summed E-state index contributed by atoms with van der Waals surface area (Å²) in [4.78, 5) is 0. The Morgan fingerprint density at radius 1 is 0.370 bits per heavy atom. The van der Waals surface area contributed by atoms with Crippen molar-refractivity contribution in [3.8, 4) is 0 Å². The summed E-state index contributed by atoms with van der Waals surface area (Å²) < 4.78 is 0. The Balaban J connectivity index is 0.000000325. The van der Waals surface area contributed by atoms with E-state index in [0.717, 1.165) is 28.6 Å². The lowest BCUT2D eigenvalue weighted by Gasteiger charge is -2.28. The van der Waals surface area contributed by atoms with Gasteiger partial charge in [-0.1, -0.05) is 207 Å². The van der Waals surface area contributed by atoms with E-state index in [4.69, 9.17) is 0 Å². The summed E-state index contributed by atoms with van der Waals surface area (Å²) in [5.41, 5.74) is 4.29. The summed E-state index contributed by atoms with van der Waals surface area (Å²) in [6.45, 7) is 35.7. The van der Waals surface area contributed by atoms with Gasteiger partial charge in [0.25, 0.3) is 0 Å². The summed E-state index contributed by atoms with van der Waals surface area (Å²) in [5, 5.41) is 0. The molecular formula is C54H108. The zero-order valence-corrected chi connectivity index (χ0v) is 40.9. The Labute approximate surface area is 345 Å². The smallest absolute Gasteiger partial charge is 0.0300 e. The maximum atomic E-state index is 2.47. The third kappa shape index (κ3) is 20.6. The number of rotatable bonds is 8. The molecule has 0 spiro atoms. The van der Waals surface area contributed by atoms with Crippen LogP contribution in [-0.4, -0.2) is 0 Å². The molecule has 0 N–H and O–H groups in total. The van der Waals surface area contributed by atoms with Crippen molar-refractivity contribution in [1.82, 2.24) is 0 Å². The molecule has 0 heterocycles. The summed E-state index contributed by atoms with van der Waals surface area (Å²) in [6, 6.07) is 0. The van der Waals surface area contributed by atoms with E-state index >= 15 is 0 Å². The Kier molecular flexibility index (Phi) is 24.5. The van der Waals surface area contributed by atoms with Crippen LogP contribution in [0.2, 0.25) is 0 Å². The first-order valence-electron chi connectivity index (χ1n) is 25.3. The molecule has 6 aliphatic carbocycles. The number of hydrogen-bond donors (Lipinski definition) is 0. The molecule has 324 valence electrons. The fraction of sp³-hybridized carbons (Fsp3) is 1.00. The molecule has 6 unspecified atom stereocenters. The van der Waals surface area contributed by atoms with Gasteiger partial charge in [0, 0.05) is 0 Å². The Morgan fingerprint density at radius 2 is 0.778 bits per heavy atom. The molecule has 6 rings (SSSR count). The third-order valence-electron chi connectivity index (χ3n) is 16.8. The monoisotopic (exact) mass is 757 g/mol. The van der Waals surface area contributed by atoms with E-state index in [1.807, 2.05) is 0 Å². The van der Waals surface area contributed by atoms with E-state index in [2.05, 4.69) is 104 Å². The fourth-order valence-corrected chi connectivity index (χ4v) is 12.0. The minimum absolute atomic E-state index is 0.679. The highest BCUT2D eigenvalue weighted by atomic mass is 14.4. The van der Waals surface area contributed by atoms with Gasteiger partial charge in [-0.3, -0.25) is 0 Å². The Bertz CT molecular complexity index is 900. The predicted octanol–water partition coefficient (Wildman–Crippen LogP) is 19.8. The van der Waals surface area contributed by atoms with Gasteiger partial charge in [0.1, 0.15) is 0 Å². The van der Waals surface area contributed by atoms with Crippen LogP contribution in [0.1, 0.15) is 296 Å². The normalized spacial score (nSPS) is 34.4. The van der Waals surface area contributed by atoms with Crippen molar-refractivity contribution in [2.24, 2.45) is 50.2 Å². The Morgan fingerprint density at radius 3 is 1.07 bits per heavy atom. The summed E-state index contributed by atoms with van der Waals surface area (Å²) in [6.07, 6.45) is 43.6. The van der Waals surface area contributed by atoms with Crippen LogP contribution in [0.15, 0.2) is 0 Å². The number of hydrogen-bond acceptors (Lipinski definition) is 0. The minimum Gasteiger partial charge on any atom is -0.0654 e. The summed E-state index contributed by atoms with van der Waals surface area (Å²) in [5.74, 6) is 2.97. The first-order valence-corrected chi connectivity index (χ1v) is 25.3. The molecule has 0 bridgehead atoms. The molecule has 54 heavy (non-hydrogen) atoms. The van der Waals surface area contributed by atoms with E-state index in [1.165, 1.54) is 193 Å². The van der Waals surface area contributed by atoms with Crippen LogP contribution in [0, 0.1) is 50.2 Å². The SMILES string of the molecule is CC1(C)CCCCC1.CCC1(C)CCC(C)C1.CCC1(C)CCCC1.CCCC1(C)CCC(C)C1.CCCC1(C)CCCC1.CCCC1(C)CCCC1C. The van der Waals surface area contributed by atoms with Crippen LogP contribution in [0.3, 0.4) is 0 Å². The van der Waals surface area contributed by atoms with Crippen LogP contribution in [0.5, 0.6) is 0 Å². The molecule has 0 aromatic rings. The molecule has 6 saturated carbocycles. The van der Waals surface area contributed by atoms with Crippen LogP contribution < -0.4 is 0 Å². The average Bonchev–Trinajstić information content (AvgIpc) is 3.95. The van der Waals surface area contributed by atoms with E-state index in [-0.39, 0.29) is 0 Å². The van der Waals surface area contributed by atoms with E-state index in [1.54, 1.807) is 0 Å². The van der Waals surface area contributed by atoms with Crippen molar-refractivity contribution in [3.05, 3.63) is 0 Å². The zero-order chi connectivity index (χ0) is 40.9. The van der Waals surface area contributed by atoms with Gasteiger partial charge < -0.3 is 0 Å². The summed E-state index contributed by atoms with van der Waals surface area (Å²) in [7, 11) is 0. The largest absolute Gasteiger partial charge is 0.0654 e. The maximum absolute atomic E-state index is 2.47. The molecule has 0 aliphatic heterocycles. The second-order valence-electron chi connectivity index (χ2n) is 23.5. The topological polar surface area (TPSA) is 0 Å². The molecule has 0 nitrogen and oxygen atoms in total. The van der Waals surface area contributed by atoms with Crippen molar-refractivity contribution in [2.45, 2.75) is 296 Å². The van der Waals surface area contributed by atoms with Crippen molar-refractivity contribution < 1.29 is 0 Å². The van der Waals surface area contributed by atoms with E-state index < -0.39 is 0 Å². The Hall–Kier alpha value is 0. The molecule has 6 atom stereocenters. The van der Waals surface area contributed by atoms with Crippen LogP contribution in [0.4, 0.5) is 0 Å². The molecule has 6 aliphatic rings. The average molecular weight is 757 g/mol. The second kappa shape index (κ2) is 25.5. The molecule has 0 saturated heterocycles. The zero-order valence-electron chi connectivity index (χ0n) is 40.9. The molecule has 0 aromatic carbocycles. The van der Waals surface area contributed by atoms with Gasteiger partial charge in [-0.15, -0.1) is 0 Å². The van der Waals surface area contributed by atoms with E-state index in [9.17, 15) is 0 Å². The first-order chi connectivity index (χ1) is 25.3. The highest BCUT2D eigenvalue weighted by Crippen LogP contribution is 2.47. The molecular weight excluding hydrogens is 649 g/mol. The van der Waals surface area contributed by atoms with Gasteiger partial charge in [0.2, 0.25) is 0 Å². The van der Waals surface area contributed by atoms with Gasteiger partial charge in [-0.2, -0.15) is 0 Å². The van der Waals surface area contributed by atoms with Gasteiger partial charge in [-0.05, 0) is 140 Å². The van der Waals surface area contributed by atoms with Gasteiger partial charge in [0.05, 0.1) is 0 Å². The molecule has 0 radical (unpaired) electrons. The van der Waals surface area contributed by atoms with Crippen molar-refractivity contribution in [3.63, 3.8) is 0 Å². The minimum atomic E-state index is 0.679. The summed E-state index contributed by atoms with van der Waals surface area (Å²) >= 11 is 0. The van der Waals surface area contributed by atoms with Crippen LogP contribution in [-0.2, 0) is 0 Å². The van der Waals surface area contributed by atoms with Gasteiger partial charge in [0.15, 0.2) is 0 Å². The van der Waals surface area contributed by atoms with Crippen molar-refractivity contribution in [2.75, 3.05) is 0 Å². The van der Waals surface area contributed by atoms with Crippen LogP contribution in [0.25, 0.3) is 0 Å². The van der Waals surface area contributed by atoms with Crippen molar-refractivity contribution in [1.29, 1.82) is 0 Å². The van der Waals surface area contributed by atoms with Crippen molar-refractivity contribution >= 4 is 0 Å². The van der Waals surface area contributed by atoms with E-state index in [0.29, 0.717) is 21.7 Å². The molecule has 0 aromatic heterocycles. The molecule has 0 amide bonds. The lowest BCUT2D eigenvalue weighted by Crippen LogP contribution is -2.18. The fourth-order valence-electron chi connectivity index (χ4n) is 12.0. The first kappa shape index (κ1) is 52.0. The lowest BCUT2D eigenvalue weighted by atomic mass is 9.77. The maximum Gasteiger partial charge on any atom is -0.0300 e. The van der Waals surface area contributed by atoms with Crippen LogP contribution >= 0.6 is 0 Å². The second-order valence-corrected chi connectivity index (χ2v) is 23.5. The lowest BCUT2D eigenvalue weighted by molar-refractivity contribution is 0.223. The quantitative estimate of drug-likeness (QED) is 0.231.